The quantitative estimate of drug-likeness (QED) is 0.549. The number of benzene rings is 1. The van der Waals surface area contributed by atoms with Crippen LogP contribution in [0, 0.1) is 13.8 Å². The van der Waals surface area contributed by atoms with Gasteiger partial charge in [0.2, 0.25) is 12.7 Å². The molecule has 10 heteroatoms. The topological polar surface area (TPSA) is 94.8 Å². The summed E-state index contributed by atoms with van der Waals surface area (Å²) in [5, 5.41) is 1.73. The highest BCUT2D eigenvalue weighted by atomic mass is 35.5. The lowest BCUT2D eigenvalue weighted by atomic mass is 10.0. The van der Waals surface area contributed by atoms with E-state index in [1.54, 1.807) is 24.4 Å². The fourth-order valence-corrected chi connectivity index (χ4v) is 5.51. The zero-order chi connectivity index (χ0) is 20.8. The Morgan fingerprint density at radius 1 is 1.21 bits per heavy atom. The number of thiophene rings is 1. The van der Waals surface area contributed by atoms with Gasteiger partial charge in [-0.25, -0.2) is 13.1 Å². The molecule has 0 radical (unpaired) electrons. The van der Waals surface area contributed by atoms with Crippen LogP contribution in [-0.4, -0.2) is 21.0 Å². The SMILES string of the molecule is Cc1cc2c(cc1CC(=O)c1sccc1S(=O)(=O)Nc1occ(C)c1Cl)OCO2. The van der Waals surface area contributed by atoms with Gasteiger partial charge < -0.3 is 13.9 Å². The Morgan fingerprint density at radius 3 is 2.62 bits per heavy atom. The molecule has 0 fully saturated rings. The summed E-state index contributed by atoms with van der Waals surface area (Å²) >= 11 is 7.11. The molecule has 4 rings (SSSR count). The predicted molar refractivity (Wildman–Crippen MR) is 109 cm³/mol. The van der Waals surface area contributed by atoms with Crippen molar-refractivity contribution in [1.29, 1.82) is 0 Å². The monoisotopic (exact) mass is 453 g/mol. The first-order chi connectivity index (χ1) is 13.8. The average Bonchev–Trinajstić information content (AvgIpc) is 3.39. The Kier molecular flexibility index (Phi) is 5.05. The molecule has 0 atom stereocenters. The first-order valence-corrected chi connectivity index (χ1v) is 11.3. The second kappa shape index (κ2) is 7.40. The van der Waals surface area contributed by atoms with Gasteiger partial charge in [-0.2, -0.15) is 0 Å². The standard InChI is InChI=1S/C19H16ClNO6S2/c1-10-5-14-15(27-9-26-14)7-12(10)6-13(22)18-16(3-4-28-18)29(23,24)21-19-17(20)11(2)8-25-19/h3-5,7-8,21H,6,9H2,1-2H3. The number of sulfonamides is 1. The number of rotatable bonds is 6. The van der Waals surface area contributed by atoms with Gasteiger partial charge in [0.1, 0.15) is 9.92 Å². The maximum Gasteiger partial charge on any atom is 0.265 e. The third-order valence-electron chi connectivity index (χ3n) is 4.48. The lowest BCUT2D eigenvalue weighted by molar-refractivity contribution is 0.0994. The number of ketones is 1. The molecule has 0 saturated heterocycles. The number of carbonyl (C=O) groups excluding carboxylic acids is 1. The van der Waals surface area contributed by atoms with Gasteiger partial charge in [-0.3, -0.25) is 4.79 Å². The Labute approximate surface area is 176 Å². The van der Waals surface area contributed by atoms with Crippen LogP contribution in [0.15, 0.2) is 39.2 Å². The summed E-state index contributed by atoms with van der Waals surface area (Å²) in [6.07, 6.45) is 1.38. The van der Waals surface area contributed by atoms with E-state index in [-0.39, 0.29) is 39.7 Å². The number of fused-ring (bicyclic) bond motifs is 1. The van der Waals surface area contributed by atoms with E-state index < -0.39 is 10.0 Å². The fraction of sp³-hybridized carbons (Fsp3) is 0.211. The minimum absolute atomic E-state index is 0.0339. The van der Waals surface area contributed by atoms with Gasteiger partial charge in [-0.1, -0.05) is 11.6 Å². The first-order valence-electron chi connectivity index (χ1n) is 8.52. The number of anilines is 1. The molecule has 2 aromatic heterocycles. The minimum atomic E-state index is -4.05. The molecule has 1 aromatic carbocycles. The first kappa shape index (κ1) is 19.8. The fourth-order valence-electron chi connectivity index (χ4n) is 2.92. The number of halogens is 1. The Morgan fingerprint density at radius 2 is 1.93 bits per heavy atom. The van der Waals surface area contributed by atoms with Gasteiger partial charge in [0, 0.05) is 12.0 Å². The highest BCUT2D eigenvalue weighted by Crippen LogP contribution is 2.36. The van der Waals surface area contributed by atoms with Gasteiger partial charge in [-0.15, -0.1) is 11.3 Å². The largest absolute Gasteiger partial charge is 0.454 e. The van der Waals surface area contributed by atoms with Crippen LogP contribution in [0.1, 0.15) is 26.4 Å². The molecular formula is C19H16ClNO6S2. The molecule has 7 nitrogen and oxygen atoms in total. The van der Waals surface area contributed by atoms with Crippen molar-refractivity contribution in [2.24, 2.45) is 0 Å². The van der Waals surface area contributed by atoms with Gasteiger partial charge in [0.25, 0.3) is 10.0 Å². The summed E-state index contributed by atoms with van der Waals surface area (Å²) in [6.45, 7) is 3.69. The Balaban J connectivity index is 1.60. The molecule has 0 amide bonds. The number of ether oxygens (including phenoxy) is 2. The van der Waals surface area contributed by atoms with Crippen LogP contribution in [0.3, 0.4) is 0 Å². The molecule has 0 unspecified atom stereocenters. The zero-order valence-corrected chi connectivity index (χ0v) is 17.8. The zero-order valence-electron chi connectivity index (χ0n) is 15.4. The number of nitrogens with one attached hydrogen (secondary N) is 1. The molecule has 1 aliphatic heterocycles. The van der Waals surface area contributed by atoms with Crippen LogP contribution in [0.25, 0.3) is 0 Å². The average molecular weight is 454 g/mol. The van der Waals surface area contributed by atoms with Crippen molar-refractivity contribution < 1.29 is 27.1 Å². The number of hydrogen-bond acceptors (Lipinski definition) is 7. The van der Waals surface area contributed by atoms with Crippen molar-refractivity contribution in [3.05, 3.63) is 56.4 Å². The second-order valence-electron chi connectivity index (χ2n) is 6.51. The molecule has 0 bridgehead atoms. The van der Waals surface area contributed by atoms with Gasteiger partial charge in [0.05, 0.1) is 11.1 Å². The van der Waals surface area contributed by atoms with Crippen LogP contribution in [0.5, 0.6) is 11.5 Å². The van der Waals surface area contributed by atoms with Crippen molar-refractivity contribution in [3.8, 4) is 11.5 Å². The van der Waals surface area contributed by atoms with Crippen LogP contribution in [-0.2, 0) is 16.4 Å². The van der Waals surface area contributed by atoms with Gasteiger partial charge >= 0.3 is 0 Å². The van der Waals surface area contributed by atoms with E-state index in [4.69, 9.17) is 25.5 Å². The minimum Gasteiger partial charge on any atom is -0.454 e. The molecule has 1 N–H and O–H groups in total. The van der Waals surface area contributed by atoms with Crippen molar-refractivity contribution >= 4 is 44.6 Å². The van der Waals surface area contributed by atoms with E-state index in [1.165, 1.54) is 12.3 Å². The van der Waals surface area contributed by atoms with Crippen LogP contribution >= 0.6 is 22.9 Å². The smallest absolute Gasteiger partial charge is 0.265 e. The lowest BCUT2D eigenvalue weighted by Gasteiger charge is -2.09. The molecule has 1 aliphatic rings. The number of Topliss-reactive ketones (excluding diaryl/α,β-unsaturated/α-hetero) is 1. The van der Waals surface area contributed by atoms with Crippen LogP contribution in [0.4, 0.5) is 5.88 Å². The van der Waals surface area contributed by atoms with Crippen molar-refractivity contribution in [1.82, 2.24) is 0 Å². The van der Waals surface area contributed by atoms with Crippen LogP contribution < -0.4 is 14.2 Å². The van der Waals surface area contributed by atoms with Gasteiger partial charge in [0.15, 0.2) is 17.3 Å². The lowest BCUT2D eigenvalue weighted by Crippen LogP contribution is -2.16. The van der Waals surface area contributed by atoms with Crippen molar-refractivity contribution in [3.63, 3.8) is 0 Å². The number of aryl methyl sites for hydroxylation is 2. The van der Waals surface area contributed by atoms with E-state index in [0.29, 0.717) is 17.1 Å². The van der Waals surface area contributed by atoms with E-state index in [0.717, 1.165) is 22.5 Å². The highest BCUT2D eigenvalue weighted by molar-refractivity contribution is 7.93. The van der Waals surface area contributed by atoms with E-state index in [9.17, 15) is 13.2 Å². The highest BCUT2D eigenvalue weighted by Gasteiger charge is 2.27. The van der Waals surface area contributed by atoms with Crippen LogP contribution in [0.2, 0.25) is 5.02 Å². The number of hydrogen-bond donors (Lipinski definition) is 1. The van der Waals surface area contributed by atoms with Crippen molar-refractivity contribution in [2.75, 3.05) is 11.5 Å². The summed E-state index contributed by atoms with van der Waals surface area (Å²) in [4.78, 5) is 12.9. The Bertz CT molecular complexity index is 1210. The summed E-state index contributed by atoms with van der Waals surface area (Å²) < 4.78 is 43.8. The Hall–Kier alpha value is -2.49. The molecule has 29 heavy (non-hydrogen) atoms. The number of carbonyl (C=O) groups is 1. The summed E-state index contributed by atoms with van der Waals surface area (Å²) in [5.41, 5.74) is 2.21. The maximum absolute atomic E-state index is 12.9. The molecule has 0 saturated carbocycles. The predicted octanol–water partition coefficient (Wildman–Crippen LogP) is 4.57. The summed E-state index contributed by atoms with van der Waals surface area (Å²) in [7, 11) is -4.05. The molecular weight excluding hydrogens is 438 g/mol. The normalized spacial score (nSPS) is 12.9. The second-order valence-corrected chi connectivity index (χ2v) is 9.46. The molecule has 3 heterocycles. The molecule has 3 aromatic rings. The third-order valence-corrected chi connectivity index (χ3v) is 7.41. The van der Waals surface area contributed by atoms with E-state index >= 15 is 0 Å². The van der Waals surface area contributed by atoms with E-state index in [2.05, 4.69) is 4.72 Å². The molecule has 152 valence electrons. The van der Waals surface area contributed by atoms with Crippen molar-refractivity contribution in [2.45, 2.75) is 25.2 Å². The summed E-state index contributed by atoms with van der Waals surface area (Å²) in [6, 6.07) is 4.94. The van der Waals surface area contributed by atoms with E-state index in [1.807, 2.05) is 6.92 Å². The maximum atomic E-state index is 12.9. The molecule has 0 spiro atoms. The number of furan rings is 1. The van der Waals surface area contributed by atoms with Gasteiger partial charge in [-0.05, 0) is 48.6 Å². The molecule has 0 aliphatic carbocycles. The summed E-state index contributed by atoms with van der Waals surface area (Å²) in [5.74, 6) is 0.805. The third kappa shape index (κ3) is 3.73.